The van der Waals surface area contributed by atoms with Crippen LogP contribution in [0.15, 0.2) is 24.4 Å². The van der Waals surface area contributed by atoms with Crippen molar-refractivity contribution in [2.24, 2.45) is 5.73 Å². The third-order valence-electron chi connectivity index (χ3n) is 5.89. The number of nitrogens with one attached hydrogen (secondary N) is 2. The smallest absolute Gasteiger partial charge is 0.365 e. The number of nitrogens with zero attached hydrogens (tertiary/aromatic N) is 4. The van der Waals surface area contributed by atoms with Crippen molar-refractivity contribution in [2.45, 2.75) is 43.9 Å². The maximum Gasteiger partial charge on any atom is 0.416 e. The number of hydrogen-bond acceptors (Lipinski definition) is 6. The number of anilines is 3. The van der Waals surface area contributed by atoms with E-state index in [1.165, 1.54) is 19.3 Å². The van der Waals surface area contributed by atoms with Gasteiger partial charge in [0.15, 0.2) is 11.5 Å². The Bertz CT molecular complexity index is 1130. The molecule has 2 fully saturated rings. The van der Waals surface area contributed by atoms with E-state index in [4.69, 9.17) is 17.3 Å². The van der Waals surface area contributed by atoms with Gasteiger partial charge >= 0.3 is 12.2 Å². The molecule has 2 heterocycles. The summed E-state index contributed by atoms with van der Waals surface area (Å²) in [5.74, 6) is 0.202. The summed E-state index contributed by atoms with van der Waals surface area (Å²) >= 11 is 5.85. The number of nitrogens with two attached hydrogens (primary N) is 1. The molecule has 1 aromatic carbocycles. The van der Waals surface area contributed by atoms with Crippen LogP contribution >= 0.6 is 11.6 Å². The zero-order chi connectivity index (χ0) is 25.3. The average molecular weight is 512 g/mol. The summed E-state index contributed by atoms with van der Waals surface area (Å²) < 4.78 is 39.4. The van der Waals surface area contributed by atoms with Crippen molar-refractivity contribution in [3.63, 3.8) is 0 Å². The molecule has 4 N–H and O–H groups in total. The second-order valence-corrected chi connectivity index (χ2v) is 9.13. The molecular formula is C22H25ClF3N7O2. The maximum atomic E-state index is 13.1. The third kappa shape index (κ3) is 6.05. The Balaban J connectivity index is 1.45. The van der Waals surface area contributed by atoms with Crippen molar-refractivity contribution in [2.75, 3.05) is 35.3 Å². The molecule has 0 unspecified atom stereocenters. The Kier molecular flexibility index (Phi) is 6.93. The van der Waals surface area contributed by atoms with Gasteiger partial charge < -0.3 is 21.3 Å². The average Bonchev–Trinajstić information content (AvgIpc) is 3.61. The van der Waals surface area contributed by atoms with Gasteiger partial charge in [0, 0.05) is 42.9 Å². The van der Waals surface area contributed by atoms with Gasteiger partial charge in [0.05, 0.1) is 11.8 Å². The van der Waals surface area contributed by atoms with E-state index >= 15 is 0 Å². The number of carbonyl (C=O) groups is 2. The summed E-state index contributed by atoms with van der Waals surface area (Å²) in [5, 5.41) is 5.92. The first kappa shape index (κ1) is 24.8. The van der Waals surface area contributed by atoms with Gasteiger partial charge in [-0.2, -0.15) is 13.2 Å². The van der Waals surface area contributed by atoms with Crippen molar-refractivity contribution in [3.8, 4) is 0 Å². The number of piperidine rings is 1. The Hall–Kier alpha value is -3.28. The molecule has 2 aliphatic rings. The Morgan fingerprint density at radius 3 is 2.60 bits per heavy atom. The van der Waals surface area contributed by atoms with Gasteiger partial charge in [0.1, 0.15) is 5.82 Å². The van der Waals surface area contributed by atoms with E-state index in [2.05, 4.69) is 20.6 Å². The minimum atomic E-state index is -4.58. The van der Waals surface area contributed by atoms with Gasteiger partial charge in [-0.3, -0.25) is 9.69 Å². The highest BCUT2D eigenvalue weighted by atomic mass is 35.5. The van der Waals surface area contributed by atoms with Crippen molar-refractivity contribution < 1.29 is 22.8 Å². The van der Waals surface area contributed by atoms with Crippen LogP contribution in [0.2, 0.25) is 5.02 Å². The van der Waals surface area contributed by atoms with Gasteiger partial charge in [0.2, 0.25) is 0 Å². The lowest BCUT2D eigenvalue weighted by atomic mass is 10.1. The van der Waals surface area contributed by atoms with Crippen molar-refractivity contribution in [3.05, 3.63) is 40.7 Å². The molecule has 3 amide bonds. The number of hydrogen-bond donors (Lipinski definition) is 3. The Labute approximate surface area is 204 Å². The number of aromatic nitrogens is 2. The van der Waals surface area contributed by atoms with Crippen LogP contribution in [0.4, 0.5) is 35.3 Å². The van der Waals surface area contributed by atoms with E-state index < -0.39 is 23.7 Å². The highest BCUT2D eigenvalue weighted by Crippen LogP contribution is 2.34. The molecule has 1 aliphatic carbocycles. The van der Waals surface area contributed by atoms with Crippen LogP contribution in [0, 0.1) is 0 Å². The summed E-state index contributed by atoms with van der Waals surface area (Å²) in [4.78, 5) is 36.3. The molecule has 2 aromatic rings. The fourth-order valence-corrected chi connectivity index (χ4v) is 4.09. The van der Waals surface area contributed by atoms with Gasteiger partial charge in [-0.05, 0) is 43.9 Å². The van der Waals surface area contributed by atoms with Crippen LogP contribution < -0.4 is 26.2 Å². The lowest BCUT2D eigenvalue weighted by Crippen LogP contribution is -2.51. The molecule has 1 saturated heterocycles. The number of halogens is 4. The topological polar surface area (TPSA) is 116 Å². The van der Waals surface area contributed by atoms with Crippen LogP contribution in [0.25, 0.3) is 0 Å². The van der Waals surface area contributed by atoms with Gasteiger partial charge in [-0.25, -0.2) is 14.8 Å². The first-order chi connectivity index (χ1) is 16.5. The first-order valence-electron chi connectivity index (χ1n) is 11.1. The van der Waals surface area contributed by atoms with Crippen LogP contribution in [0.1, 0.15) is 41.7 Å². The summed E-state index contributed by atoms with van der Waals surface area (Å²) in [7, 11) is 1.38. The quantitative estimate of drug-likeness (QED) is 0.545. The highest BCUT2D eigenvalue weighted by molar-refractivity contribution is 6.31. The molecule has 0 bridgehead atoms. The summed E-state index contributed by atoms with van der Waals surface area (Å²) in [6.07, 6.45) is 0.269. The monoisotopic (exact) mass is 511 g/mol. The summed E-state index contributed by atoms with van der Waals surface area (Å²) in [6.45, 7) is 1.08. The molecule has 1 atom stereocenters. The maximum absolute atomic E-state index is 13.1. The minimum absolute atomic E-state index is 0.0266. The number of carbonyl (C=O) groups excluding carboxylic acids is 2. The van der Waals surface area contributed by atoms with E-state index in [9.17, 15) is 22.8 Å². The van der Waals surface area contributed by atoms with E-state index in [1.54, 1.807) is 0 Å². The molecule has 13 heteroatoms. The van der Waals surface area contributed by atoms with Gasteiger partial charge in [0.25, 0.3) is 5.91 Å². The zero-order valence-electron chi connectivity index (χ0n) is 18.9. The minimum Gasteiger partial charge on any atom is -0.365 e. The third-order valence-corrected chi connectivity index (χ3v) is 6.10. The molecule has 1 saturated carbocycles. The standard InChI is InChI=1S/C22H25ClF3N7O2/c1-32(16-8-12(22(24,25)26)7-13(23)9-16)21(35)30-15-3-2-6-33(11-15)17-10-28-18(19(27)34)20(31-17)29-14-4-5-14/h7-10,14-15H,2-6,11H2,1H3,(H2,27,34)(H,29,31)(H,30,35)/t15-/m1/s1. The van der Waals surface area contributed by atoms with Crippen LogP contribution in [-0.2, 0) is 6.18 Å². The number of alkyl halides is 3. The molecular weight excluding hydrogens is 487 g/mol. The van der Waals surface area contributed by atoms with E-state index in [0.717, 1.165) is 36.3 Å². The normalized spacial score (nSPS) is 18.2. The largest absolute Gasteiger partial charge is 0.416 e. The van der Waals surface area contributed by atoms with Crippen LogP contribution in [-0.4, -0.2) is 54.1 Å². The SMILES string of the molecule is CN(C(=O)N[C@@H]1CCCN(c2cnc(C(N)=O)c(NC3CC3)n2)C1)c1cc(Cl)cc(C(F)(F)F)c1. The number of urea groups is 1. The number of benzene rings is 1. The van der Waals surface area contributed by atoms with Crippen LogP contribution in [0.3, 0.4) is 0 Å². The molecule has 1 aromatic heterocycles. The summed E-state index contributed by atoms with van der Waals surface area (Å²) in [6, 6.07) is 2.39. The Morgan fingerprint density at radius 2 is 1.94 bits per heavy atom. The number of primary amides is 1. The highest BCUT2D eigenvalue weighted by Gasteiger charge is 2.32. The molecule has 35 heavy (non-hydrogen) atoms. The second-order valence-electron chi connectivity index (χ2n) is 8.70. The predicted molar refractivity (Wildman–Crippen MR) is 126 cm³/mol. The molecule has 9 nitrogen and oxygen atoms in total. The molecule has 1 aliphatic heterocycles. The lowest BCUT2D eigenvalue weighted by molar-refractivity contribution is -0.137. The fraction of sp³-hybridized carbons (Fsp3) is 0.455. The first-order valence-corrected chi connectivity index (χ1v) is 11.5. The Morgan fingerprint density at radius 1 is 1.20 bits per heavy atom. The summed E-state index contributed by atoms with van der Waals surface area (Å²) in [5.41, 5.74) is 4.58. The molecule has 0 spiro atoms. The van der Waals surface area contributed by atoms with Gasteiger partial charge in [-0.15, -0.1) is 0 Å². The van der Waals surface area contributed by atoms with Gasteiger partial charge in [-0.1, -0.05) is 11.6 Å². The zero-order valence-corrected chi connectivity index (χ0v) is 19.7. The van der Waals surface area contributed by atoms with E-state index in [1.807, 2.05) is 4.90 Å². The van der Waals surface area contributed by atoms with Crippen molar-refractivity contribution >= 4 is 40.9 Å². The lowest BCUT2D eigenvalue weighted by Gasteiger charge is -2.34. The molecule has 0 radical (unpaired) electrons. The van der Waals surface area contributed by atoms with E-state index in [-0.39, 0.29) is 28.5 Å². The van der Waals surface area contributed by atoms with E-state index in [0.29, 0.717) is 31.1 Å². The van der Waals surface area contributed by atoms with Crippen molar-refractivity contribution in [1.29, 1.82) is 0 Å². The molecule has 4 rings (SSSR count). The number of rotatable bonds is 6. The second kappa shape index (κ2) is 9.76. The number of amides is 3. The predicted octanol–water partition coefficient (Wildman–Crippen LogP) is 3.64. The molecule has 188 valence electrons. The van der Waals surface area contributed by atoms with Crippen molar-refractivity contribution in [1.82, 2.24) is 15.3 Å². The fourth-order valence-electron chi connectivity index (χ4n) is 3.86. The van der Waals surface area contributed by atoms with Crippen LogP contribution in [0.5, 0.6) is 0 Å².